The van der Waals surface area contributed by atoms with Crippen LogP contribution in [-0.4, -0.2) is 11.1 Å². The lowest BCUT2D eigenvalue weighted by Gasteiger charge is -2.07. The average molecular weight is 318 g/mol. The monoisotopic (exact) mass is 316 g/mol. The number of nitrogens with zero attached hydrogens (tertiary/aromatic N) is 1. The van der Waals surface area contributed by atoms with E-state index < -0.39 is 6.09 Å². The molecular formula is C12H7Cl3N2O2. The zero-order valence-electron chi connectivity index (χ0n) is 9.36. The molecule has 0 aliphatic rings. The van der Waals surface area contributed by atoms with E-state index in [1.54, 1.807) is 18.2 Å². The number of halogens is 3. The van der Waals surface area contributed by atoms with Gasteiger partial charge in [0.05, 0.1) is 15.7 Å². The summed E-state index contributed by atoms with van der Waals surface area (Å²) in [6.07, 6.45) is 0.648. The van der Waals surface area contributed by atoms with Crippen molar-refractivity contribution < 1.29 is 9.53 Å². The van der Waals surface area contributed by atoms with E-state index in [2.05, 4.69) is 10.3 Å². The molecule has 1 aromatic carbocycles. The summed E-state index contributed by atoms with van der Waals surface area (Å²) >= 11 is 17.4. The van der Waals surface area contributed by atoms with Gasteiger partial charge >= 0.3 is 6.09 Å². The first-order valence-electron chi connectivity index (χ1n) is 5.10. The van der Waals surface area contributed by atoms with Crippen LogP contribution in [0.25, 0.3) is 0 Å². The molecule has 0 spiro atoms. The number of hydrogen-bond acceptors (Lipinski definition) is 3. The normalized spacial score (nSPS) is 10.1. The maximum atomic E-state index is 11.6. The summed E-state index contributed by atoms with van der Waals surface area (Å²) in [5, 5.41) is 3.71. The van der Waals surface area contributed by atoms with Crippen LogP contribution >= 0.6 is 34.8 Å². The third-order valence-corrected chi connectivity index (χ3v) is 2.85. The Balaban J connectivity index is 2.05. The molecule has 98 valence electrons. The number of nitrogens with one attached hydrogen (secondary N) is 1. The zero-order chi connectivity index (χ0) is 13.8. The Morgan fingerprint density at radius 1 is 1.11 bits per heavy atom. The quantitative estimate of drug-likeness (QED) is 0.877. The van der Waals surface area contributed by atoms with Gasteiger partial charge in [0.25, 0.3) is 0 Å². The molecule has 1 aromatic heterocycles. The second kappa shape index (κ2) is 6.10. The van der Waals surface area contributed by atoms with E-state index in [9.17, 15) is 4.79 Å². The molecule has 2 aromatic rings. The fraction of sp³-hybridized carbons (Fsp3) is 0. The molecule has 2 rings (SSSR count). The summed E-state index contributed by atoms with van der Waals surface area (Å²) in [5.74, 6) is 0.125. The van der Waals surface area contributed by atoms with Gasteiger partial charge < -0.3 is 4.74 Å². The molecule has 7 heteroatoms. The predicted octanol–water partition coefficient (Wildman–Crippen LogP) is 4.65. The SMILES string of the molecule is O=C(Nc1cc(Cl)ccc1Cl)Oc1ccc(Cl)cn1. The molecule has 0 atom stereocenters. The second-order valence-electron chi connectivity index (χ2n) is 3.45. The van der Waals surface area contributed by atoms with Gasteiger partial charge in [0.15, 0.2) is 0 Å². The number of carbonyl (C=O) groups excluding carboxylic acids is 1. The average Bonchev–Trinajstić information content (AvgIpc) is 2.37. The van der Waals surface area contributed by atoms with E-state index in [0.717, 1.165) is 0 Å². The molecule has 0 radical (unpaired) electrons. The van der Waals surface area contributed by atoms with Crippen molar-refractivity contribution in [2.24, 2.45) is 0 Å². The molecule has 0 unspecified atom stereocenters. The molecule has 4 nitrogen and oxygen atoms in total. The number of pyridine rings is 1. The molecule has 1 heterocycles. The van der Waals surface area contributed by atoms with Crippen molar-refractivity contribution in [2.75, 3.05) is 5.32 Å². The first kappa shape index (κ1) is 13.9. The highest BCUT2D eigenvalue weighted by Gasteiger charge is 2.09. The van der Waals surface area contributed by atoms with Crippen molar-refractivity contribution in [3.05, 3.63) is 51.6 Å². The van der Waals surface area contributed by atoms with Gasteiger partial charge in [-0.3, -0.25) is 5.32 Å². The summed E-state index contributed by atoms with van der Waals surface area (Å²) in [6, 6.07) is 7.73. The van der Waals surface area contributed by atoms with Crippen LogP contribution in [0.5, 0.6) is 5.88 Å². The van der Waals surface area contributed by atoms with E-state index in [1.165, 1.54) is 18.3 Å². The third kappa shape index (κ3) is 3.99. The number of rotatable bonds is 2. The van der Waals surface area contributed by atoms with Crippen molar-refractivity contribution >= 4 is 46.6 Å². The number of amides is 1. The summed E-state index contributed by atoms with van der Waals surface area (Å²) in [7, 11) is 0. The van der Waals surface area contributed by atoms with Crippen LogP contribution in [0.4, 0.5) is 10.5 Å². The number of aromatic nitrogens is 1. The van der Waals surface area contributed by atoms with Gasteiger partial charge in [-0.15, -0.1) is 0 Å². The van der Waals surface area contributed by atoms with Crippen LogP contribution < -0.4 is 10.1 Å². The van der Waals surface area contributed by atoms with Crippen LogP contribution in [-0.2, 0) is 0 Å². The lowest BCUT2D eigenvalue weighted by atomic mass is 10.3. The van der Waals surface area contributed by atoms with Gasteiger partial charge in [-0.05, 0) is 24.3 Å². The van der Waals surface area contributed by atoms with E-state index in [1.807, 2.05) is 0 Å². The summed E-state index contributed by atoms with van der Waals surface area (Å²) in [4.78, 5) is 15.4. The summed E-state index contributed by atoms with van der Waals surface area (Å²) in [6.45, 7) is 0. The Morgan fingerprint density at radius 3 is 2.53 bits per heavy atom. The minimum Gasteiger partial charge on any atom is -0.391 e. The first-order chi connectivity index (χ1) is 9.04. The minimum atomic E-state index is -0.723. The number of carbonyl (C=O) groups is 1. The van der Waals surface area contributed by atoms with Crippen molar-refractivity contribution in [1.29, 1.82) is 0 Å². The molecule has 0 bridgehead atoms. The Morgan fingerprint density at radius 2 is 1.84 bits per heavy atom. The largest absolute Gasteiger partial charge is 0.418 e. The second-order valence-corrected chi connectivity index (χ2v) is 4.73. The molecule has 0 aliphatic carbocycles. The minimum absolute atomic E-state index is 0.125. The van der Waals surface area contributed by atoms with Crippen LogP contribution in [0.3, 0.4) is 0 Å². The zero-order valence-corrected chi connectivity index (χ0v) is 11.6. The number of hydrogen-bond donors (Lipinski definition) is 1. The number of benzene rings is 1. The molecule has 1 N–H and O–H groups in total. The fourth-order valence-electron chi connectivity index (χ4n) is 1.25. The Labute approximate surface area is 124 Å². The highest BCUT2D eigenvalue weighted by atomic mass is 35.5. The maximum Gasteiger partial charge on any atom is 0.418 e. The lowest BCUT2D eigenvalue weighted by Crippen LogP contribution is -2.17. The lowest BCUT2D eigenvalue weighted by molar-refractivity contribution is 0.213. The van der Waals surface area contributed by atoms with Crippen LogP contribution in [0.15, 0.2) is 36.5 Å². The van der Waals surface area contributed by atoms with Gasteiger partial charge in [-0.25, -0.2) is 9.78 Å². The molecule has 0 fully saturated rings. The fourth-order valence-corrected chi connectivity index (χ4v) is 1.70. The van der Waals surface area contributed by atoms with Gasteiger partial charge in [0.2, 0.25) is 5.88 Å². The molecule has 1 amide bonds. The Kier molecular flexibility index (Phi) is 4.47. The summed E-state index contributed by atoms with van der Waals surface area (Å²) in [5.41, 5.74) is 0.355. The topological polar surface area (TPSA) is 51.2 Å². The van der Waals surface area contributed by atoms with Crippen molar-refractivity contribution in [2.45, 2.75) is 0 Å². The molecule has 0 saturated carbocycles. The molecule has 0 saturated heterocycles. The number of ether oxygens (including phenoxy) is 1. The van der Waals surface area contributed by atoms with Gasteiger partial charge in [-0.2, -0.15) is 0 Å². The van der Waals surface area contributed by atoms with Gasteiger partial charge in [0.1, 0.15) is 0 Å². The first-order valence-corrected chi connectivity index (χ1v) is 6.23. The third-order valence-electron chi connectivity index (χ3n) is 2.06. The number of anilines is 1. The highest BCUT2D eigenvalue weighted by Crippen LogP contribution is 2.25. The van der Waals surface area contributed by atoms with Crippen LogP contribution in [0, 0.1) is 0 Å². The van der Waals surface area contributed by atoms with E-state index in [4.69, 9.17) is 39.5 Å². The highest BCUT2D eigenvalue weighted by molar-refractivity contribution is 6.35. The van der Waals surface area contributed by atoms with Crippen molar-refractivity contribution in [1.82, 2.24) is 4.98 Å². The van der Waals surface area contributed by atoms with E-state index in [-0.39, 0.29) is 5.88 Å². The smallest absolute Gasteiger partial charge is 0.391 e. The Bertz CT molecular complexity index is 602. The van der Waals surface area contributed by atoms with E-state index in [0.29, 0.717) is 20.8 Å². The van der Waals surface area contributed by atoms with Gasteiger partial charge in [-0.1, -0.05) is 34.8 Å². The maximum absolute atomic E-state index is 11.6. The predicted molar refractivity (Wildman–Crippen MR) is 75.4 cm³/mol. The van der Waals surface area contributed by atoms with Crippen LogP contribution in [0.2, 0.25) is 15.1 Å². The Hall–Kier alpha value is -1.49. The van der Waals surface area contributed by atoms with Crippen molar-refractivity contribution in [3.8, 4) is 5.88 Å². The summed E-state index contributed by atoms with van der Waals surface area (Å²) < 4.78 is 4.95. The molecule has 19 heavy (non-hydrogen) atoms. The van der Waals surface area contributed by atoms with Gasteiger partial charge in [0, 0.05) is 17.3 Å². The van der Waals surface area contributed by atoms with Crippen molar-refractivity contribution in [3.63, 3.8) is 0 Å². The standard InChI is InChI=1S/C12H7Cl3N2O2/c13-7-1-3-9(15)10(5-7)17-12(18)19-11-4-2-8(14)6-16-11/h1-6H,(H,17,18). The molecular weight excluding hydrogens is 311 g/mol. The van der Waals surface area contributed by atoms with E-state index >= 15 is 0 Å². The molecule has 0 aliphatic heterocycles. The van der Waals surface area contributed by atoms with Crippen LogP contribution in [0.1, 0.15) is 0 Å².